The molecule has 1 aliphatic rings. The largest absolute Gasteiger partial charge is 0.429 e. The lowest BCUT2D eigenvalue weighted by molar-refractivity contribution is -0.142. The van der Waals surface area contributed by atoms with Crippen LogP contribution in [-0.2, 0) is 14.3 Å². The normalized spacial score (nSPS) is 26.7. The van der Waals surface area contributed by atoms with E-state index in [0.717, 1.165) is 0 Å². The molecule has 10 heavy (non-hydrogen) atoms. The minimum absolute atomic E-state index is 0.154. The average Bonchev–Trinajstić information content (AvgIpc) is 2.11. The van der Waals surface area contributed by atoms with E-state index in [9.17, 15) is 4.79 Å². The third-order valence-electron chi connectivity index (χ3n) is 0.858. The van der Waals surface area contributed by atoms with Crippen LogP contribution in [-0.4, -0.2) is 22.7 Å². The first kappa shape index (κ1) is 8.40. The first-order valence-corrected chi connectivity index (χ1v) is 3.51. The standard InChI is InChI=1S/C4H3Cl3O3/c5-4(6,7)3-9-1-2(8)10-3/h3H,1H2/t3-/m1/s1. The molecule has 1 fully saturated rings. The molecule has 0 aromatic heterocycles. The van der Waals surface area contributed by atoms with E-state index < -0.39 is 16.1 Å². The van der Waals surface area contributed by atoms with Crippen molar-refractivity contribution in [3.63, 3.8) is 0 Å². The molecular formula is C4H3Cl3O3. The molecule has 1 rings (SSSR count). The molecule has 0 aromatic rings. The molecule has 6 heteroatoms. The number of carbonyl (C=O) groups excluding carboxylic acids is 1. The Kier molecular flexibility index (Phi) is 2.30. The highest BCUT2D eigenvalue weighted by Crippen LogP contribution is 2.34. The zero-order chi connectivity index (χ0) is 7.78. The minimum Gasteiger partial charge on any atom is -0.429 e. The number of halogens is 3. The van der Waals surface area contributed by atoms with Gasteiger partial charge in [-0.05, 0) is 0 Å². The number of rotatable bonds is 0. The fraction of sp³-hybridized carbons (Fsp3) is 0.750. The highest BCUT2D eigenvalue weighted by atomic mass is 35.6. The second-order valence-corrected chi connectivity index (χ2v) is 4.04. The summed E-state index contributed by atoms with van der Waals surface area (Å²) in [5.41, 5.74) is 0. The molecule has 0 amide bonds. The van der Waals surface area contributed by atoms with Crippen LogP contribution < -0.4 is 0 Å². The van der Waals surface area contributed by atoms with Gasteiger partial charge in [-0.15, -0.1) is 0 Å². The molecular weight excluding hydrogens is 202 g/mol. The molecule has 0 saturated carbocycles. The molecule has 0 N–H and O–H groups in total. The number of alkyl halides is 3. The highest BCUT2D eigenvalue weighted by Gasteiger charge is 2.41. The van der Waals surface area contributed by atoms with Crippen LogP contribution >= 0.6 is 34.8 Å². The lowest BCUT2D eigenvalue weighted by atomic mass is 10.7. The molecule has 1 heterocycles. The van der Waals surface area contributed by atoms with E-state index in [4.69, 9.17) is 34.8 Å². The maximum atomic E-state index is 10.4. The van der Waals surface area contributed by atoms with Crippen LogP contribution in [0.25, 0.3) is 0 Å². The van der Waals surface area contributed by atoms with Crippen LogP contribution in [0.2, 0.25) is 0 Å². The summed E-state index contributed by atoms with van der Waals surface area (Å²) in [5, 5.41) is 0. The van der Waals surface area contributed by atoms with Crippen LogP contribution in [0, 0.1) is 0 Å². The summed E-state index contributed by atoms with van der Waals surface area (Å²) >= 11 is 16.0. The van der Waals surface area contributed by atoms with Crippen molar-refractivity contribution in [1.82, 2.24) is 0 Å². The van der Waals surface area contributed by atoms with Gasteiger partial charge in [-0.25, -0.2) is 4.79 Å². The van der Waals surface area contributed by atoms with Crippen molar-refractivity contribution >= 4 is 40.8 Å². The Morgan fingerprint density at radius 3 is 2.30 bits per heavy atom. The molecule has 1 aliphatic heterocycles. The van der Waals surface area contributed by atoms with Crippen molar-refractivity contribution in [2.75, 3.05) is 6.61 Å². The van der Waals surface area contributed by atoms with Gasteiger partial charge in [0.1, 0.15) is 6.61 Å². The molecule has 0 bridgehead atoms. The van der Waals surface area contributed by atoms with E-state index in [-0.39, 0.29) is 6.61 Å². The van der Waals surface area contributed by atoms with Crippen LogP contribution in [0.15, 0.2) is 0 Å². The SMILES string of the molecule is O=C1CO[C@@H](C(Cl)(Cl)Cl)O1. The fourth-order valence-corrected chi connectivity index (χ4v) is 0.815. The van der Waals surface area contributed by atoms with Gasteiger partial charge in [0.05, 0.1) is 0 Å². The maximum absolute atomic E-state index is 10.4. The Labute approximate surface area is 72.1 Å². The topological polar surface area (TPSA) is 35.5 Å². The van der Waals surface area contributed by atoms with Crippen molar-refractivity contribution in [1.29, 1.82) is 0 Å². The van der Waals surface area contributed by atoms with Crippen LogP contribution in [0.5, 0.6) is 0 Å². The molecule has 0 aromatic carbocycles. The van der Waals surface area contributed by atoms with Crippen molar-refractivity contribution in [2.24, 2.45) is 0 Å². The van der Waals surface area contributed by atoms with Gasteiger partial charge in [-0.2, -0.15) is 0 Å². The van der Waals surface area contributed by atoms with Crippen molar-refractivity contribution in [3.05, 3.63) is 0 Å². The Bertz CT molecular complexity index is 152. The molecule has 0 radical (unpaired) electrons. The van der Waals surface area contributed by atoms with E-state index >= 15 is 0 Å². The number of carbonyl (C=O) groups is 1. The van der Waals surface area contributed by atoms with E-state index in [2.05, 4.69) is 9.47 Å². The summed E-state index contributed by atoms with van der Waals surface area (Å²) in [6, 6.07) is 0. The first-order valence-electron chi connectivity index (χ1n) is 2.38. The first-order chi connectivity index (χ1) is 4.50. The summed E-state index contributed by atoms with van der Waals surface area (Å²) in [7, 11) is 0. The van der Waals surface area contributed by atoms with E-state index in [1.807, 2.05) is 0 Å². The average molecular weight is 205 g/mol. The number of hydrogen-bond acceptors (Lipinski definition) is 3. The zero-order valence-corrected chi connectivity index (χ0v) is 6.91. The van der Waals surface area contributed by atoms with Gasteiger partial charge >= 0.3 is 5.97 Å². The maximum Gasteiger partial charge on any atom is 0.334 e. The predicted molar refractivity (Wildman–Crippen MR) is 36.1 cm³/mol. The molecule has 0 aliphatic carbocycles. The second-order valence-electron chi connectivity index (χ2n) is 1.67. The van der Waals surface area contributed by atoms with Crippen LogP contribution in [0.3, 0.4) is 0 Å². The van der Waals surface area contributed by atoms with E-state index in [1.54, 1.807) is 0 Å². The van der Waals surface area contributed by atoms with E-state index in [0.29, 0.717) is 0 Å². The zero-order valence-electron chi connectivity index (χ0n) is 4.64. The molecule has 0 spiro atoms. The minimum atomic E-state index is -1.69. The number of cyclic esters (lactones) is 1. The second kappa shape index (κ2) is 2.74. The monoisotopic (exact) mass is 204 g/mol. The summed E-state index contributed by atoms with van der Waals surface area (Å²) in [6.07, 6.45) is -1.06. The van der Waals surface area contributed by atoms with Gasteiger partial charge in [0.15, 0.2) is 0 Å². The predicted octanol–water partition coefficient (Wildman–Crippen LogP) is 1.26. The van der Waals surface area contributed by atoms with E-state index in [1.165, 1.54) is 0 Å². The molecule has 0 unspecified atom stereocenters. The summed E-state index contributed by atoms with van der Waals surface area (Å²) in [5.74, 6) is -0.517. The summed E-state index contributed by atoms with van der Waals surface area (Å²) < 4.78 is 7.44. The van der Waals surface area contributed by atoms with Gasteiger partial charge in [0.25, 0.3) is 10.1 Å². The van der Waals surface area contributed by atoms with Gasteiger partial charge in [-0.1, -0.05) is 34.8 Å². The summed E-state index contributed by atoms with van der Waals surface area (Å²) in [6.45, 7) is -0.154. The van der Waals surface area contributed by atoms with Gasteiger partial charge in [0.2, 0.25) is 0 Å². The van der Waals surface area contributed by atoms with Crippen LogP contribution in [0.4, 0.5) is 0 Å². The fourth-order valence-electron chi connectivity index (χ4n) is 0.492. The molecule has 1 atom stereocenters. The highest BCUT2D eigenvalue weighted by molar-refractivity contribution is 6.68. The lowest BCUT2D eigenvalue weighted by Gasteiger charge is -2.15. The summed E-state index contributed by atoms with van der Waals surface area (Å²) in [4.78, 5) is 10.4. The van der Waals surface area contributed by atoms with Crippen molar-refractivity contribution < 1.29 is 14.3 Å². The number of hydrogen-bond donors (Lipinski definition) is 0. The smallest absolute Gasteiger partial charge is 0.334 e. The molecule has 3 nitrogen and oxygen atoms in total. The van der Waals surface area contributed by atoms with Gasteiger partial charge in [-0.3, -0.25) is 0 Å². The van der Waals surface area contributed by atoms with Crippen LogP contribution in [0.1, 0.15) is 0 Å². The Morgan fingerprint density at radius 1 is 1.50 bits per heavy atom. The Hall–Kier alpha value is 0.300. The third-order valence-corrected chi connectivity index (χ3v) is 1.39. The number of esters is 1. The van der Waals surface area contributed by atoms with Crippen molar-refractivity contribution in [2.45, 2.75) is 10.1 Å². The number of ether oxygens (including phenoxy) is 2. The third kappa shape index (κ3) is 1.89. The Balaban J connectivity index is 2.53. The molecule has 58 valence electrons. The Morgan fingerprint density at radius 2 is 2.10 bits per heavy atom. The lowest BCUT2D eigenvalue weighted by Crippen LogP contribution is -2.26. The van der Waals surface area contributed by atoms with Crippen molar-refractivity contribution in [3.8, 4) is 0 Å². The quantitative estimate of drug-likeness (QED) is 0.441. The van der Waals surface area contributed by atoms with Gasteiger partial charge < -0.3 is 9.47 Å². The molecule has 1 saturated heterocycles. The van der Waals surface area contributed by atoms with Gasteiger partial charge in [0, 0.05) is 0 Å².